The van der Waals surface area contributed by atoms with E-state index < -0.39 is 35.8 Å². The monoisotopic (exact) mass is 1080 g/mol. The summed E-state index contributed by atoms with van der Waals surface area (Å²) in [5, 5.41) is 60.1. The molecule has 0 N–H and O–H groups in total. The fourth-order valence-corrected chi connectivity index (χ4v) is 7.36. The Hall–Kier alpha value is -2.66. The van der Waals surface area contributed by atoms with Crippen LogP contribution in [0, 0.1) is 0 Å². The van der Waals surface area contributed by atoms with Gasteiger partial charge >= 0.3 is 17.1 Å². The molecule has 0 saturated carbocycles. The average molecular weight is 1080 g/mol. The molecule has 0 heterocycles. The second-order valence-corrected chi connectivity index (χ2v) is 19.5. The molecule has 13 heteroatoms. The Labute approximate surface area is 460 Å². The van der Waals surface area contributed by atoms with E-state index in [9.17, 15) is 59.4 Å². The molecule has 0 saturated heterocycles. The largest absolute Gasteiger partial charge is 6.00 e. The van der Waals surface area contributed by atoms with E-state index in [-0.39, 0.29) is 55.6 Å². The van der Waals surface area contributed by atoms with Crippen LogP contribution in [0.5, 0.6) is 0 Å². The predicted octanol–water partition coefficient (Wildman–Crippen LogP) is 11.3. The molecule has 0 aromatic carbocycles. The topological polar surface area (TPSA) is 241 Å². The molecule has 12 nitrogen and oxygen atoms in total. The number of unbranched alkanes of at least 4 members (excludes halogenated alkanes) is 36. The van der Waals surface area contributed by atoms with Crippen LogP contribution in [0.1, 0.15) is 350 Å². The third-order valence-electron chi connectivity index (χ3n) is 11.9. The van der Waals surface area contributed by atoms with Gasteiger partial charge in [0, 0.05) is 35.8 Å². The quantitative estimate of drug-likeness (QED) is 0.0408. The van der Waals surface area contributed by atoms with E-state index in [0.717, 1.165) is 77.0 Å². The van der Waals surface area contributed by atoms with Crippen LogP contribution in [0.2, 0.25) is 0 Å². The van der Waals surface area contributed by atoms with Crippen LogP contribution in [-0.4, -0.2) is 35.8 Å². The Balaban J connectivity index is -0.000000143. The SMILES string of the molecule is CCCCCCCCCC(=O)[O-].CCCCCCCCCC(=O)[O-].CCCCCCCCCC(=O)[O-].CCCCCCCCCC(=O)[O-].CCCCCCCCCC(=O)[O-].CCCCCCCCCC(=O)[O-].[Mn+6]. The van der Waals surface area contributed by atoms with E-state index >= 15 is 0 Å². The minimum Gasteiger partial charge on any atom is -0.550 e. The summed E-state index contributed by atoms with van der Waals surface area (Å²) in [7, 11) is 0. The summed E-state index contributed by atoms with van der Waals surface area (Å²) in [6.45, 7) is 13.1. The first kappa shape index (κ1) is 84.3. The van der Waals surface area contributed by atoms with Gasteiger partial charge in [0.15, 0.2) is 0 Å². The van der Waals surface area contributed by atoms with Crippen molar-refractivity contribution < 1.29 is 76.5 Å². The van der Waals surface area contributed by atoms with Gasteiger partial charge in [-0.3, -0.25) is 0 Å². The minimum absolute atomic E-state index is 0. The number of carboxylic acid groups (broad SMARTS) is 6. The molecule has 0 spiro atoms. The van der Waals surface area contributed by atoms with Crippen molar-refractivity contribution in [1.82, 2.24) is 0 Å². The molecule has 0 atom stereocenters. The molecule has 73 heavy (non-hydrogen) atoms. The average Bonchev–Trinajstić information content (AvgIpc) is 3.33. The second-order valence-electron chi connectivity index (χ2n) is 19.5. The normalized spacial score (nSPS) is 9.95. The Morgan fingerprint density at radius 2 is 0.260 bits per heavy atom. The van der Waals surface area contributed by atoms with E-state index in [4.69, 9.17) is 0 Å². The number of carbonyl (C=O) groups is 6. The first-order valence-electron chi connectivity index (χ1n) is 29.8. The summed E-state index contributed by atoms with van der Waals surface area (Å²) >= 11 is 0. The molecule has 0 aromatic heterocycles. The van der Waals surface area contributed by atoms with Gasteiger partial charge in [-0.15, -0.1) is 0 Å². The molecule has 0 aliphatic rings. The smallest absolute Gasteiger partial charge is 0.550 e. The molecule has 0 unspecified atom stereocenters. The maximum absolute atomic E-state index is 10.0. The maximum atomic E-state index is 10.0. The van der Waals surface area contributed by atoms with Gasteiger partial charge in [0.05, 0.1) is 0 Å². The molecule has 433 valence electrons. The van der Waals surface area contributed by atoms with Crippen molar-refractivity contribution in [2.75, 3.05) is 0 Å². The minimum atomic E-state index is -0.913. The molecule has 0 rings (SSSR count). The summed E-state index contributed by atoms with van der Waals surface area (Å²) in [4.78, 5) is 60.1. The Bertz CT molecular complexity index is 887. The van der Waals surface area contributed by atoms with E-state index in [2.05, 4.69) is 41.5 Å². The summed E-state index contributed by atoms with van der Waals surface area (Å²) in [6, 6.07) is 0. The van der Waals surface area contributed by atoms with Crippen molar-refractivity contribution in [3.63, 3.8) is 0 Å². The fraction of sp³-hybridized carbons (Fsp3) is 0.900. The van der Waals surface area contributed by atoms with E-state index in [1.165, 1.54) is 193 Å². The van der Waals surface area contributed by atoms with Crippen molar-refractivity contribution >= 4 is 35.8 Å². The molecular formula is C60H114MnO12. The van der Waals surface area contributed by atoms with Crippen molar-refractivity contribution in [2.24, 2.45) is 0 Å². The van der Waals surface area contributed by atoms with Crippen LogP contribution >= 0.6 is 0 Å². The number of hydrogen-bond donors (Lipinski definition) is 0. The fourth-order valence-electron chi connectivity index (χ4n) is 7.36. The summed E-state index contributed by atoms with van der Waals surface area (Å²) < 4.78 is 0. The zero-order valence-corrected chi connectivity index (χ0v) is 49.4. The molecule has 0 amide bonds. The maximum Gasteiger partial charge on any atom is 6.00 e. The van der Waals surface area contributed by atoms with E-state index in [0.29, 0.717) is 0 Å². The number of rotatable bonds is 48. The molecule has 0 bridgehead atoms. The van der Waals surface area contributed by atoms with Gasteiger partial charge in [-0.1, -0.05) is 273 Å². The van der Waals surface area contributed by atoms with E-state index in [1.54, 1.807) is 0 Å². The van der Waals surface area contributed by atoms with Gasteiger partial charge in [0.1, 0.15) is 0 Å². The zero-order chi connectivity index (χ0) is 55.4. The standard InChI is InChI=1S/6C10H20O2.Mn/c6*1-2-3-4-5-6-7-8-9-10(11)12;/h6*2-9H2,1H3,(H,11,12);/q;;;;;;+6/p-6. The summed E-state index contributed by atoms with van der Waals surface area (Å²) in [6.07, 6.45) is 50.1. The van der Waals surface area contributed by atoms with Crippen molar-refractivity contribution in [2.45, 2.75) is 350 Å². The first-order valence-corrected chi connectivity index (χ1v) is 29.8. The van der Waals surface area contributed by atoms with Crippen molar-refractivity contribution in [3.05, 3.63) is 0 Å². The summed E-state index contributed by atoms with van der Waals surface area (Å²) in [5.74, 6) is -5.48. The predicted molar refractivity (Wildman–Crippen MR) is 286 cm³/mol. The van der Waals surface area contributed by atoms with Gasteiger partial charge in [-0.05, 0) is 77.0 Å². The Morgan fingerprint density at radius 3 is 0.342 bits per heavy atom. The van der Waals surface area contributed by atoms with Crippen LogP contribution in [-0.2, 0) is 45.8 Å². The van der Waals surface area contributed by atoms with Gasteiger partial charge in [0.2, 0.25) is 0 Å². The second kappa shape index (κ2) is 80.7. The molecule has 0 aromatic rings. The van der Waals surface area contributed by atoms with Crippen LogP contribution in [0.25, 0.3) is 0 Å². The molecule has 0 aliphatic heterocycles. The third-order valence-corrected chi connectivity index (χ3v) is 11.9. The number of hydrogen-bond acceptors (Lipinski definition) is 12. The van der Waals surface area contributed by atoms with Crippen LogP contribution in [0.3, 0.4) is 0 Å². The molecule has 1 radical (unpaired) electrons. The van der Waals surface area contributed by atoms with Crippen LogP contribution < -0.4 is 30.6 Å². The first-order chi connectivity index (χ1) is 34.6. The van der Waals surface area contributed by atoms with Gasteiger partial charge < -0.3 is 59.4 Å². The number of carboxylic acids is 6. The third kappa shape index (κ3) is 119. The van der Waals surface area contributed by atoms with Crippen molar-refractivity contribution in [3.8, 4) is 0 Å². The van der Waals surface area contributed by atoms with Gasteiger partial charge in [0.25, 0.3) is 0 Å². The zero-order valence-electron chi connectivity index (χ0n) is 48.2. The van der Waals surface area contributed by atoms with Crippen molar-refractivity contribution in [1.29, 1.82) is 0 Å². The van der Waals surface area contributed by atoms with Crippen LogP contribution in [0.4, 0.5) is 0 Å². The van der Waals surface area contributed by atoms with E-state index in [1.807, 2.05) is 0 Å². The molecular weight excluding hydrogens is 968 g/mol. The van der Waals surface area contributed by atoms with Gasteiger partial charge in [-0.25, -0.2) is 0 Å². The number of carbonyl (C=O) groups excluding carboxylic acids is 6. The van der Waals surface area contributed by atoms with Crippen LogP contribution in [0.15, 0.2) is 0 Å². The molecule has 0 fully saturated rings. The summed E-state index contributed by atoms with van der Waals surface area (Å²) in [5.41, 5.74) is 0. The molecule has 0 aliphatic carbocycles. The Kier molecular flexibility index (Phi) is 93.2. The Morgan fingerprint density at radius 1 is 0.178 bits per heavy atom. The van der Waals surface area contributed by atoms with Gasteiger partial charge in [-0.2, -0.15) is 0 Å². The number of aliphatic carboxylic acids is 6.